The van der Waals surface area contributed by atoms with Crippen molar-refractivity contribution >= 4 is 0 Å². The van der Waals surface area contributed by atoms with Gasteiger partial charge < -0.3 is 5.73 Å². The van der Waals surface area contributed by atoms with Gasteiger partial charge in [-0.2, -0.15) is 0 Å². The standard InChI is InChI=1S/C19H25N/c1-13-5-7-15(3)18(11-13)17(9-10-20)19-12-14(2)6-8-16(19)4/h5-8,11-12,17H,9-10,20H2,1-4H3. The third-order valence-electron chi connectivity index (χ3n) is 4.08. The Morgan fingerprint density at radius 2 is 1.25 bits per heavy atom. The highest BCUT2D eigenvalue weighted by Crippen LogP contribution is 2.33. The van der Waals surface area contributed by atoms with Crippen LogP contribution in [0.4, 0.5) is 0 Å². The molecule has 0 saturated heterocycles. The van der Waals surface area contributed by atoms with E-state index in [2.05, 4.69) is 64.1 Å². The zero-order valence-corrected chi connectivity index (χ0v) is 13.0. The molecule has 0 atom stereocenters. The third kappa shape index (κ3) is 3.10. The van der Waals surface area contributed by atoms with Crippen LogP contribution in [-0.2, 0) is 0 Å². The van der Waals surface area contributed by atoms with Gasteiger partial charge in [0.05, 0.1) is 0 Å². The van der Waals surface area contributed by atoms with Crippen LogP contribution in [0.1, 0.15) is 45.7 Å². The molecule has 1 nitrogen and oxygen atoms in total. The maximum absolute atomic E-state index is 5.88. The number of benzene rings is 2. The normalized spacial score (nSPS) is 11.1. The molecule has 0 aliphatic rings. The largest absolute Gasteiger partial charge is 0.330 e. The summed E-state index contributed by atoms with van der Waals surface area (Å²) in [7, 11) is 0. The maximum Gasteiger partial charge on any atom is 0.0107 e. The lowest BCUT2D eigenvalue weighted by atomic mass is 9.83. The van der Waals surface area contributed by atoms with Crippen LogP contribution in [0.5, 0.6) is 0 Å². The Bertz CT molecular complexity index is 547. The van der Waals surface area contributed by atoms with Crippen LogP contribution in [-0.4, -0.2) is 6.54 Å². The van der Waals surface area contributed by atoms with Crippen molar-refractivity contribution in [2.24, 2.45) is 5.73 Å². The summed E-state index contributed by atoms with van der Waals surface area (Å²) in [5.41, 5.74) is 14.1. The summed E-state index contributed by atoms with van der Waals surface area (Å²) >= 11 is 0. The quantitative estimate of drug-likeness (QED) is 0.873. The summed E-state index contributed by atoms with van der Waals surface area (Å²) in [5, 5.41) is 0. The number of hydrogen-bond acceptors (Lipinski definition) is 1. The molecule has 0 unspecified atom stereocenters. The number of rotatable bonds is 4. The van der Waals surface area contributed by atoms with Gasteiger partial charge in [-0.25, -0.2) is 0 Å². The topological polar surface area (TPSA) is 26.0 Å². The molecule has 0 radical (unpaired) electrons. The average Bonchev–Trinajstić information content (AvgIpc) is 2.42. The van der Waals surface area contributed by atoms with Crippen molar-refractivity contribution in [1.29, 1.82) is 0 Å². The number of hydrogen-bond donors (Lipinski definition) is 1. The minimum absolute atomic E-state index is 0.403. The molecule has 2 rings (SSSR count). The number of aryl methyl sites for hydroxylation is 4. The molecule has 1 heteroatoms. The van der Waals surface area contributed by atoms with E-state index >= 15 is 0 Å². The molecule has 106 valence electrons. The van der Waals surface area contributed by atoms with E-state index in [0.717, 1.165) is 6.42 Å². The van der Waals surface area contributed by atoms with E-state index in [9.17, 15) is 0 Å². The first-order valence-electron chi connectivity index (χ1n) is 7.37. The van der Waals surface area contributed by atoms with Crippen molar-refractivity contribution < 1.29 is 0 Å². The molecular formula is C19H25N. The van der Waals surface area contributed by atoms with Crippen molar-refractivity contribution in [2.75, 3.05) is 6.54 Å². The van der Waals surface area contributed by atoms with Gasteiger partial charge in [0.1, 0.15) is 0 Å². The molecule has 0 spiro atoms. The van der Waals surface area contributed by atoms with E-state index in [1.807, 2.05) is 0 Å². The van der Waals surface area contributed by atoms with Crippen LogP contribution in [0.25, 0.3) is 0 Å². The second-order valence-corrected chi connectivity index (χ2v) is 5.85. The summed E-state index contributed by atoms with van der Waals surface area (Å²) in [6, 6.07) is 13.4. The highest BCUT2D eigenvalue weighted by atomic mass is 14.5. The van der Waals surface area contributed by atoms with Crippen molar-refractivity contribution in [3.05, 3.63) is 69.8 Å². The van der Waals surface area contributed by atoms with E-state index in [1.54, 1.807) is 0 Å². The lowest BCUT2D eigenvalue weighted by molar-refractivity contribution is 0.716. The lowest BCUT2D eigenvalue weighted by Crippen LogP contribution is -2.11. The van der Waals surface area contributed by atoms with Crippen LogP contribution in [0.3, 0.4) is 0 Å². The Morgan fingerprint density at radius 3 is 1.65 bits per heavy atom. The monoisotopic (exact) mass is 267 g/mol. The second-order valence-electron chi connectivity index (χ2n) is 5.85. The van der Waals surface area contributed by atoms with Gasteiger partial charge in [-0.3, -0.25) is 0 Å². The van der Waals surface area contributed by atoms with Gasteiger partial charge in [0, 0.05) is 5.92 Å². The fourth-order valence-electron chi connectivity index (χ4n) is 2.92. The van der Waals surface area contributed by atoms with Crippen LogP contribution in [0, 0.1) is 27.7 Å². The summed E-state index contributed by atoms with van der Waals surface area (Å²) in [4.78, 5) is 0. The zero-order chi connectivity index (χ0) is 14.7. The molecule has 0 aliphatic heterocycles. The van der Waals surface area contributed by atoms with Crippen molar-refractivity contribution in [3.63, 3.8) is 0 Å². The van der Waals surface area contributed by atoms with Gasteiger partial charge in [-0.05, 0) is 62.9 Å². The predicted octanol–water partition coefficient (Wildman–Crippen LogP) is 4.40. The van der Waals surface area contributed by atoms with Crippen molar-refractivity contribution in [3.8, 4) is 0 Å². The molecule has 0 fully saturated rings. The Hall–Kier alpha value is -1.60. The zero-order valence-electron chi connectivity index (χ0n) is 13.0. The highest BCUT2D eigenvalue weighted by Gasteiger charge is 2.17. The Balaban J connectivity index is 2.55. The van der Waals surface area contributed by atoms with Crippen LogP contribution in [0.2, 0.25) is 0 Å². The van der Waals surface area contributed by atoms with Gasteiger partial charge in [0.2, 0.25) is 0 Å². The first-order valence-corrected chi connectivity index (χ1v) is 7.37. The fourth-order valence-corrected chi connectivity index (χ4v) is 2.92. The van der Waals surface area contributed by atoms with Crippen LogP contribution >= 0.6 is 0 Å². The molecule has 0 aromatic heterocycles. The van der Waals surface area contributed by atoms with Gasteiger partial charge >= 0.3 is 0 Å². The van der Waals surface area contributed by atoms with Gasteiger partial charge in [-0.1, -0.05) is 47.5 Å². The molecule has 0 bridgehead atoms. The third-order valence-corrected chi connectivity index (χ3v) is 4.08. The molecule has 0 aliphatic carbocycles. The lowest BCUT2D eigenvalue weighted by Gasteiger charge is -2.22. The predicted molar refractivity (Wildman–Crippen MR) is 87.3 cm³/mol. The minimum Gasteiger partial charge on any atom is -0.330 e. The Kier molecular flexibility index (Phi) is 4.61. The Labute approximate surface area is 122 Å². The summed E-state index contributed by atoms with van der Waals surface area (Å²) in [6.07, 6.45) is 0.995. The highest BCUT2D eigenvalue weighted by molar-refractivity contribution is 5.43. The summed E-state index contributed by atoms with van der Waals surface area (Å²) in [5.74, 6) is 0.403. The van der Waals surface area contributed by atoms with E-state index in [1.165, 1.54) is 33.4 Å². The Morgan fingerprint density at radius 1 is 0.800 bits per heavy atom. The maximum atomic E-state index is 5.88. The second kappa shape index (κ2) is 6.23. The van der Waals surface area contributed by atoms with E-state index in [-0.39, 0.29) is 0 Å². The molecule has 0 amide bonds. The summed E-state index contributed by atoms with van der Waals surface area (Å²) in [6.45, 7) is 9.43. The van der Waals surface area contributed by atoms with E-state index in [0.29, 0.717) is 12.5 Å². The molecule has 0 heterocycles. The molecule has 0 saturated carbocycles. The first kappa shape index (κ1) is 14.8. The van der Waals surface area contributed by atoms with Crippen LogP contribution < -0.4 is 5.73 Å². The molecular weight excluding hydrogens is 242 g/mol. The molecule has 2 aromatic rings. The van der Waals surface area contributed by atoms with Crippen molar-refractivity contribution in [2.45, 2.75) is 40.0 Å². The smallest absolute Gasteiger partial charge is 0.0107 e. The van der Waals surface area contributed by atoms with Gasteiger partial charge in [0.15, 0.2) is 0 Å². The molecule has 2 N–H and O–H groups in total. The molecule has 20 heavy (non-hydrogen) atoms. The van der Waals surface area contributed by atoms with Crippen LogP contribution in [0.15, 0.2) is 36.4 Å². The van der Waals surface area contributed by atoms with Crippen molar-refractivity contribution in [1.82, 2.24) is 0 Å². The van der Waals surface area contributed by atoms with Gasteiger partial charge in [0.25, 0.3) is 0 Å². The summed E-state index contributed by atoms with van der Waals surface area (Å²) < 4.78 is 0. The fraction of sp³-hybridized carbons (Fsp3) is 0.368. The van der Waals surface area contributed by atoms with E-state index in [4.69, 9.17) is 5.73 Å². The SMILES string of the molecule is Cc1ccc(C)c(C(CCN)c2cc(C)ccc2C)c1. The number of nitrogens with two attached hydrogens (primary N) is 1. The average molecular weight is 267 g/mol. The minimum atomic E-state index is 0.403. The van der Waals surface area contributed by atoms with E-state index < -0.39 is 0 Å². The van der Waals surface area contributed by atoms with Gasteiger partial charge in [-0.15, -0.1) is 0 Å². The first-order chi connectivity index (χ1) is 9.52. The molecule has 2 aromatic carbocycles.